The summed E-state index contributed by atoms with van der Waals surface area (Å²) in [4.78, 5) is 21.5. The zero-order valence-corrected chi connectivity index (χ0v) is 10.1. The molecule has 0 amide bonds. The third-order valence-electron chi connectivity index (χ3n) is 3.89. The molecule has 2 rings (SSSR count). The molecule has 0 aromatic heterocycles. The molecular formula is C13H15NO4. The van der Waals surface area contributed by atoms with Gasteiger partial charge in [0, 0.05) is 12.1 Å². The molecule has 0 bridgehead atoms. The van der Waals surface area contributed by atoms with E-state index in [1.54, 1.807) is 12.1 Å². The molecule has 0 spiro atoms. The molecule has 1 aliphatic rings. The standard InChI is InChI=1S/C13H15NO4/c1-2-9-7-13(8-9,12(15)16)10-3-5-11(6-4-10)14(17)18/h3-6,9H,2,7-8H2,1H3,(H,15,16). The van der Waals surface area contributed by atoms with Gasteiger partial charge in [-0.05, 0) is 24.3 Å². The van der Waals surface area contributed by atoms with E-state index in [2.05, 4.69) is 0 Å². The fraction of sp³-hybridized carbons (Fsp3) is 0.462. The van der Waals surface area contributed by atoms with E-state index >= 15 is 0 Å². The first-order valence-electron chi connectivity index (χ1n) is 5.98. The first-order chi connectivity index (χ1) is 8.49. The van der Waals surface area contributed by atoms with Crippen molar-refractivity contribution in [3.8, 4) is 0 Å². The molecule has 0 atom stereocenters. The van der Waals surface area contributed by atoms with E-state index in [1.165, 1.54) is 12.1 Å². The van der Waals surface area contributed by atoms with E-state index in [1.807, 2.05) is 6.92 Å². The summed E-state index contributed by atoms with van der Waals surface area (Å²) in [5.41, 5.74) is -0.175. The summed E-state index contributed by atoms with van der Waals surface area (Å²) in [6.07, 6.45) is 2.22. The van der Waals surface area contributed by atoms with E-state index in [-0.39, 0.29) is 5.69 Å². The van der Waals surface area contributed by atoms with Crippen LogP contribution in [0.4, 0.5) is 5.69 Å². The molecule has 18 heavy (non-hydrogen) atoms. The predicted octanol–water partition coefficient (Wildman–Crippen LogP) is 2.74. The number of nitro groups is 1. The van der Waals surface area contributed by atoms with Gasteiger partial charge in [0.1, 0.15) is 0 Å². The van der Waals surface area contributed by atoms with Gasteiger partial charge in [0.05, 0.1) is 10.3 Å². The number of hydrogen-bond acceptors (Lipinski definition) is 3. The lowest BCUT2D eigenvalue weighted by atomic mass is 9.58. The number of non-ortho nitro benzene ring substituents is 1. The summed E-state index contributed by atoms with van der Waals surface area (Å²) >= 11 is 0. The number of nitrogens with zero attached hydrogens (tertiary/aromatic N) is 1. The number of carbonyl (C=O) groups is 1. The Morgan fingerprint density at radius 1 is 1.44 bits per heavy atom. The van der Waals surface area contributed by atoms with E-state index in [9.17, 15) is 20.0 Å². The fourth-order valence-electron chi connectivity index (χ4n) is 2.65. The van der Waals surface area contributed by atoms with Gasteiger partial charge in [0.25, 0.3) is 5.69 Å². The largest absolute Gasteiger partial charge is 0.481 e. The van der Waals surface area contributed by atoms with Gasteiger partial charge in [-0.25, -0.2) is 0 Å². The highest BCUT2D eigenvalue weighted by Crippen LogP contribution is 2.49. The Hall–Kier alpha value is -1.91. The van der Waals surface area contributed by atoms with Crippen molar-refractivity contribution in [3.63, 3.8) is 0 Å². The second kappa shape index (κ2) is 4.40. The second-order valence-electron chi connectivity index (χ2n) is 4.87. The van der Waals surface area contributed by atoms with Crippen LogP contribution in [0.1, 0.15) is 31.7 Å². The second-order valence-corrected chi connectivity index (χ2v) is 4.87. The molecule has 5 nitrogen and oxygen atoms in total. The number of aliphatic carboxylic acids is 1. The number of benzene rings is 1. The number of nitro benzene ring substituents is 1. The van der Waals surface area contributed by atoms with Gasteiger partial charge in [-0.3, -0.25) is 14.9 Å². The van der Waals surface area contributed by atoms with Crippen LogP contribution >= 0.6 is 0 Å². The van der Waals surface area contributed by atoms with Crippen molar-refractivity contribution in [3.05, 3.63) is 39.9 Å². The highest BCUT2D eigenvalue weighted by atomic mass is 16.6. The monoisotopic (exact) mass is 249 g/mol. The smallest absolute Gasteiger partial charge is 0.314 e. The molecule has 0 heterocycles. The Labute approximate surface area is 105 Å². The van der Waals surface area contributed by atoms with Crippen LogP contribution in [0.3, 0.4) is 0 Å². The Morgan fingerprint density at radius 2 is 2.00 bits per heavy atom. The molecule has 1 saturated carbocycles. The Morgan fingerprint density at radius 3 is 2.39 bits per heavy atom. The summed E-state index contributed by atoms with van der Waals surface area (Å²) in [5, 5.41) is 20.0. The van der Waals surface area contributed by atoms with Crippen LogP contribution in [-0.4, -0.2) is 16.0 Å². The lowest BCUT2D eigenvalue weighted by Crippen LogP contribution is -2.47. The Balaban J connectivity index is 2.28. The summed E-state index contributed by atoms with van der Waals surface area (Å²) in [6.45, 7) is 2.05. The molecule has 0 radical (unpaired) electrons. The van der Waals surface area contributed by atoms with Crippen molar-refractivity contribution in [2.75, 3.05) is 0 Å². The average molecular weight is 249 g/mol. The summed E-state index contributed by atoms with van der Waals surface area (Å²) in [5.74, 6) is -0.391. The van der Waals surface area contributed by atoms with Crippen LogP contribution in [0.25, 0.3) is 0 Å². The van der Waals surface area contributed by atoms with Crippen LogP contribution in [0.5, 0.6) is 0 Å². The topological polar surface area (TPSA) is 80.4 Å². The van der Waals surface area contributed by atoms with Crippen molar-refractivity contribution >= 4 is 11.7 Å². The van der Waals surface area contributed by atoms with Crippen LogP contribution in [0, 0.1) is 16.0 Å². The number of carboxylic acid groups (broad SMARTS) is 1. The highest BCUT2D eigenvalue weighted by Gasteiger charge is 2.50. The highest BCUT2D eigenvalue weighted by molar-refractivity contribution is 5.83. The molecule has 1 aliphatic carbocycles. The number of carboxylic acids is 1. The van der Waals surface area contributed by atoms with Gasteiger partial charge in [0.2, 0.25) is 0 Å². The minimum atomic E-state index is -0.837. The maximum atomic E-state index is 11.5. The molecule has 0 aliphatic heterocycles. The zero-order chi connectivity index (χ0) is 13.3. The number of hydrogen-bond donors (Lipinski definition) is 1. The first-order valence-corrected chi connectivity index (χ1v) is 5.98. The van der Waals surface area contributed by atoms with Gasteiger partial charge < -0.3 is 5.11 Å². The van der Waals surface area contributed by atoms with Crippen LogP contribution < -0.4 is 0 Å². The molecule has 1 aromatic rings. The molecule has 1 aromatic carbocycles. The summed E-state index contributed by atoms with van der Waals surface area (Å²) < 4.78 is 0. The van der Waals surface area contributed by atoms with Gasteiger partial charge in [-0.2, -0.15) is 0 Å². The van der Waals surface area contributed by atoms with Crippen LogP contribution in [0.2, 0.25) is 0 Å². The van der Waals surface area contributed by atoms with Gasteiger partial charge in [-0.1, -0.05) is 25.5 Å². The predicted molar refractivity (Wildman–Crippen MR) is 65.4 cm³/mol. The molecule has 0 unspecified atom stereocenters. The van der Waals surface area contributed by atoms with Crippen molar-refractivity contribution in [1.29, 1.82) is 0 Å². The van der Waals surface area contributed by atoms with Gasteiger partial charge >= 0.3 is 5.97 Å². The maximum Gasteiger partial charge on any atom is 0.314 e. The SMILES string of the molecule is CCC1CC(C(=O)O)(c2ccc([N+](=O)[O-])cc2)C1. The summed E-state index contributed by atoms with van der Waals surface area (Å²) in [6, 6.07) is 5.88. The maximum absolute atomic E-state index is 11.5. The molecule has 96 valence electrons. The molecule has 0 saturated heterocycles. The van der Waals surface area contributed by atoms with Crippen molar-refractivity contribution < 1.29 is 14.8 Å². The van der Waals surface area contributed by atoms with E-state index in [4.69, 9.17) is 0 Å². The number of rotatable bonds is 4. The molecule has 1 fully saturated rings. The Bertz CT molecular complexity index is 474. The normalized spacial score (nSPS) is 26.4. The van der Waals surface area contributed by atoms with E-state index in [0.29, 0.717) is 24.3 Å². The van der Waals surface area contributed by atoms with Crippen LogP contribution in [-0.2, 0) is 10.2 Å². The van der Waals surface area contributed by atoms with E-state index < -0.39 is 16.3 Å². The van der Waals surface area contributed by atoms with Crippen molar-refractivity contribution in [1.82, 2.24) is 0 Å². The fourth-order valence-corrected chi connectivity index (χ4v) is 2.65. The third kappa shape index (κ3) is 1.85. The zero-order valence-electron chi connectivity index (χ0n) is 10.1. The van der Waals surface area contributed by atoms with Crippen molar-refractivity contribution in [2.24, 2.45) is 5.92 Å². The quantitative estimate of drug-likeness (QED) is 0.657. The molecular weight excluding hydrogens is 234 g/mol. The van der Waals surface area contributed by atoms with Gasteiger partial charge in [-0.15, -0.1) is 0 Å². The van der Waals surface area contributed by atoms with E-state index in [0.717, 1.165) is 6.42 Å². The molecule has 1 N–H and O–H groups in total. The first kappa shape index (κ1) is 12.5. The van der Waals surface area contributed by atoms with Crippen molar-refractivity contribution in [2.45, 2.75) is 31.6 Å². The molecule has 5 heteroatoms. The van der Waals surface area contributed by atoms with Crippen LogP contribution in [0.15, 0.2) is 24.3 Å². The van der Waals surface area contributed by atoms with Gasteiger partial charge in [0.15, 0.2) is 0 Å². The lowest BCUT2D eigenvalue weighted by molar-refractivity contribution is -0.384. The minimum absolute atomic E-state index is 0.00865. The third-order valence-corrected chi connectivity index (χ3v) is 3.89. The Kier molecular flexibility index (Phi) is 3.07. The summed E-state index contributed by atoms with van der Waals surface area (Å²) in [7, 11) is 0. The minimum Gasteiger partial charge on any atom is -0.481 e. The average Bonchev–Trinajstić information content (AvgIpc) is 2.28. The lowest BCUT2D eigenvalue weighted by Gasteiger charge is -2.44.